The van der Waals surface area contributed by atoms with E-state index in [2.05, 4.69) is 10.2 Å². The average molecular weight is 465 g/mol. The number of nitrogens with one attached hydrogen (secondary N) is 1. The van der Waals surface area contributed by atoms with Gasteiger partial charge in [0.05, 0.1) is 10.9 Å². The van der Waals surface area contributed by atoms with Gasteiger partial charge in [0.2, 0.25) is 15.9 Å². The first-order chi connectivity index (χ1) is 15.0. The van der Waals surface area contributed by atoms with Gasteiger partial charge in [-0.2, -0.15) is 4.31 Å². The summed E-state index contributed by atoms with van der Waals surface area (Å²) in [7, 11) is -3.81. The molecule has 1 aromatic carbocycles. The molecule has 0 radical (unpaired) electrons. The molecule has 2 aromatic rings. The summed E-state index contributed by atoms with van der Waals surface area (Å²) < 4.78 is 30.7. The second-order valence-electron chi connectivity index (χ2n) is 8.10. The van der Waals surface area contributed by atoms with Crippen molar-refractivity contribution in [1.82, 2.24) is 19.1 Å². The van der Waals surface area contributed by atoms with Gasteiger partial charge in [0.1, 0.15) is 0 Å². The van der Waals surface area contributed by atoms with Crippen molar-refractivity contribution in [3.8, 4) is 0 Å². The van der Waals surface area contributed by atoms with E-state index in [-0.39, 0.29) is 23.1 Å². The largest absolute Gasteiger partial charge is 0.355 e. The maximum Gasteiger partial charge on any atom is 0.244 e. The first-order valence-corrected chi connectivity index (χ1v) is 12.8. The van der Waals surface area contributed by atoms with E-state index in [0.29, 0.717) is 25.2 Å². The molecule has 0 bridgehead atoms. The highest BCUT2D eigenvalue weighted by Crippen LogP contribution is 2.35. The number of sulfonamides is 1. The molecule has 168 valence electrons. The summed E-state index contributed by atoms with van der Waals surface area (Å²) in [4.78, 5) is 15.3. The maximum atomic E-state index is 13.6. The van der Waals surface area contributed by atoms with E-state index >= 15 is 0 Å². The minimum atomic E-state index is -3.81. The zero-order valence-electron chi connectivity index (χ0n) is 17.5. The molecule has 1 atom stereocenters. The molecule has 0 aliphatic carbocycles. The quantitative estimate of drug-likeness (QED) is 0.609. The average Bonchev–Trinajstić information content (AvgIpc) is 3.46. The lowest BCUT2D eigenvalue weighted by molar-refractivity contribution is -0.122. The number of aromatic nitrogens is 1. The van der Waals surface area contributed by atoms with Gasteiger partial charge in [-0.3, -0.25) is 4.79 Å². The van der Waals surface area contributed by atoms with Crippen LogP contribution in [-0.4, -0.2) is 60.8 Å². The van der Waals surface area contributed by atoms with Crippen molar-refractivity contribution in [3.63, 3.8) is 0 Å². The minimum Gasteiger partial charge on any atom is -0.355 e. The molecule has 2 aliphatic heterocycles. The number of amides is 1. The smallest absolute Gasteiger partial charge is 0.244 e. The molecule has 1 N–H and O–H groups in total. The summed E-state index contributed by atoms with van der Waals surface area (Å²) in [5.41, 5.74) is 1.41. The molecule has 3 heterocycles. The Balaban J connectivity index is 1.53. The van der Waals surface area contributed by atoms with E-state index in [1.807, 2.05) is 22.9 Å². The van der Waals surface area contributed by atoms with Gasteiger partial charge >= 0.3 is 0 Å². The van der Waals surface area contributed by atoms with Crippen LogP contribution < -0.4 is 5.32 Å². The molecule has 9 heteroatoms. The highest BCUT2D eigenvalue weighted by molar-refractivity contribution is 7.89. The van der Waals surface area contributed by atoms with E-state index in [1.165, 1.54) is 17.1 Å². The minimum absolute atomic E-state index is 0.0896. The fourth-order valence-corrected chi connectivity index (χ4v) is 6.66. The molecule has 7 nitrogen and oxygen atoms in total. The number of alkyl halides is 1. The Morgan fingerprint density at radius 3 is 2.61 bits per heavy atom. The molecule has 2 aliphatic rings. The number of hydrogen-bond donors (Lipinski definition) is 1. The molecule has 4 rings (SSSR count). The SMILES string of the molecule is O=C(CC1c2cccn2CCN1S(=O)(=O)c1ccccc1CCl)NCCN1CCCC1. The van der Waals surface area contributed by atoms with Crippen molar-refractivity contribution >= 4 is 27.5 Å². The number of nitrogens with zero attached hydrogens (tertiary/aromatic N) is 3. The van der Waals surface area contributed by atoms with Crippen LogP contribution in [0.1, 0.15) is 36.6 Å². The highest BCUT2D eigenvalue weighted by atomic mass is 35.5. The van der Waals surface area contributed by atoms with Gasteiger partial charge in [-0.1, -0.05) is 18.2 Å². The zero-order valence-corrected chi connectivity index (χ0v) is 19.1. The van der Waals surface area contributed by atoms with Crippen molar-refractivity contribution in [3.05, 3.63) is 53.9 Å². The van der Waals surface area contributed by atoms with Gasteiger partial charge < -0.3 is 14.8 Å². The molecule has 1 fully saturated rings. The van der Waals surface area contributed by atoms with E-state index in [1.54, 1.807) is 24.3 Å². The fourth-order valence-electron chi connectivity index (χ4n) is 4.54. The Hall–Kier alpha value is -1.87. The van der Waals surface area contributed by atoms with Crippen molar-refractivity contribution in [1.29, 1.82) is 0 Å². The lowest BCUT2D eigenvalue weighted by Crippen LogP contribution is -2.44. The summed E-state index contributed by atoms with van der Waals surface area (Å²) in [6.45, 7) is 4.44. The fraction of sp³-hybridized carbons (Fsp3) is 0.500. The Labute approximate surface area is 189 Å². The van der Waals surface area contributed by atoms with Gasteiger partial charge in [0.25, 0.3) is 0 Å². The zero-order chi connectivity index (χ0) is 21.8. The number of hydrogen-bond acceptors (Lipinski definition) is 4. The van der Waals surface area contributed by atoms with Crippen LogP contribution in [0.2, 0.25) is 0 Å². The summed E-state index contributed by atoms with van der Waals surface area (Å²) >= 11 is 6.02. The van der Waals surface area contributed by atoms with Crippen molar-refractivity contribution in [2.45, 2.75) is 42.6 Å². The van der Waals surface area contributed by atoms with Crippen LogP contribution in [0.5, 0.6) is 0 Å². The van der Waals surface area contributed by atoms with Gasteiger partial charge in [-0.05, 0) is 49.7 Å². The number of likely N-dealkylation sites (tertiary alicyclic amines) is 1. The maximum absolute atomic E-state index is 13.6. The van der Waals surface area contributed by atoms with Crippen LogP contribution in [-0.2, 0) is 27.2 Å². The molecule has 1 unspecified atom stereocenters. The molecule has 1 aromatic heterocycles. The second kappa shape index (κ2) is 9.73. The van der Waals surface area contributed by atoms with Crippen LogP contribution in [0.3, 0.4) is 0 Å². The third kappa shape index (κ3) is 4.82. The summed E-state index contributed by atoms with van der Waals surface area (Å²) in [5.74, 6) is -0.0222. The Morgan fingerprint density at radius 1 is 1.06 bits per heavy atom. The third-order valence-corrected chi connectivity index (χ3v) is 8.44. The number of carbonyl (C=O) groups is 1. The van der Waals surface area contributed by atoms with Crippen LogP contribution in [0.15, 0.2) is 47.5 Å². The summed E-state index contributed by atoms with van der Waals surface area (Å²) in [6, 6.07) is 10.1. The first kappa shape index (κ1) is 22.3. The second-order valence-corrected chi connectivity index (χ2v) is 10.2. The number of rotatable bonds is 8. The van der Waals surface area contributed by atoms with Crippen molar-refractivity contribution in [2.24, 2.45) is 0 Å². The number of fused-ring (bicyclic) bond motifs is 1. The Kier molecular flexibility index (Phi) is 7.01. The van der Waals surface area contributed by atoms with Gasteiger partial charge in [-0.25, -0.2) is 8.42 Å². The Morgan fingerprint density at radius 2 is 1.84 bits per heavy atom. The van der Waals surface area contributed by atoms with Crippen LogP contribution in [0, 0.1) is 0 Å². The topological polar surface area (TPSA) is 74.6 Å². The molecule has 1 amide bonds. The number of carbonyl (C=O) groups excluding carboxylic acids is 1. The van der Waals surface area contributed by atoms with E-state index in [0.717, 1.165) is 25.3 Å². The lowest BCUT2D eigenvalue weighted by Gasteiger charge is -2.36. The number of benzene rings is 1. The molecule has 1 saturated heterocycles. The monoisotopic (exact) mass is 464 g/mol. The van der Waals surface area contributed by atoms with Crippen LogP contribution >= 0.6 is 11.6 Å². The predicted molar refractivity (Wildman–Crippen MR) is 120 cm³/mol. The predicted octanol–water partition coefficient (Wildman–Crippen LogP) is 2.57. The van der Waals surface area contributed by atoms with E-state index in [9.17, 15) is 13.2 Å². The number of halogens is 1. The summed E-state index contributed by atoms with van der Waals surface area (Å²) in [5, 5.41) is 2.98. The van der Waals surface area contributed by atoms with Crippen molar-refractivity contribution < 1.29 is 13.2 Å². The van der Waals surface area contributed by atoms with E-state index in [4.69, 9.17) is 11.6 Å². The third-order valence-electron chi connectivity index (χ3n) is 6.15. The molecule has 0 saturated carbocycles. The summed E-state index contributed by atoms with van der Waals surface area (Å²) in [6.07, 6.45) is 4.45. The normalized spacial score (nSPS) is 20.0. The molecular formula is C22H29ClN4O3S. The highest BCUT2D eigenvalue weighted by Gasteiger charge is 2.38. The van der Waals surface area contributed by atoms with Crippen LogP contribution in [0.25, 0.3) is 0 Å². The molecule has 31 heavy (non-hydrogen) atoms. The van der Waals surface area contributed by atoms with E-state index < -0.39 is 16.1 Å². The standard InChI is InChI=1S/C22H29ClN4O3S/c23-17-18-6-1-2-8-21(18)31(29,30)27-15-14-26-12-5-7-19(26)20(27)16-22(28)24-9-13-25-10-3-4-11-25/h1-2,5-8,12,20H,3-4,9-11,13-17H2,(H,24,28). The van der Waals surface area contributed by atoms with Crippen LogP contribution in [0.4, 0.5) is 0 Å². The van der Waals surface area contributed by atoms with Gasteiger partial charge in [0, 0.05) is 50.4 Å². The van der Waals surface area contributed by atoms with Gasteiger partial charge in [0.15, 0.2) is 0 Å². The Bertz CT molecular complexity index is 1020. The molecule has 0 spiro atoms. The van der Waals surface area contributed by atoms with Gasteiger partial charge in [-0.15, -0.1) is 11.6 Å². The lowest BCUT2D eigenvalue weighted by atomic mass is 10.1. The van der Waals surface area contributed by atoms with Crippen molar-refractivity contribution in [2.75, 3.05) is 32.7 Å². The molecular weight excluding hydrogens is 436 g/mol. The first-order valence-electron chi connectivity index (χ1n) is 10.8.